The molecule has 0 saturated heterocycles. The zero-order valence-electron chi connectivity index (χ0n) is 10.5. The second-order valence-corrected chi connectivity index (χ2v) is 4.67. The first-order valence-electron chi connectivity index (χ1n) is 6.20. The number of hydrogen-bond donors (Lipinski definition) is 1. The molecule has 0 aliphatic carbocycles. The summed E-state index contributed by atoms with van der Waals surface area (Å²) >= 11 is 0. The molecule has 19 heavy (non-hydrogen) atoms. The van der Waals surface area contributed by atoms with Gasteiger partial charge in [-0.05, 0) is 6.07 Å². The summed E-state index contributed by atoms with van der Waals surface area (Å²) in [5.74, 6) is -0.737. The fourth-order valence-corrected chi connectivity index (χ4v) is 2.16. The average molecular weight is 274 g/mol. The summed E-state index contributed by atoms with van der Waals surface area (Å²) in [6.45, 7) is 0.858. The van der Waals surface area contributed by atoms with Gasteiger partial charge in [0, 0.05) is 31.7 Å². The molecule has 1 aromatic carbocycles. The second kappa shape index (κ2) is 5.79. The van der Waals surface area contributed by atoms with Gasteiger partial charge in [0.15, 0.2) is 0 Å². The van der Waals surface area contributed by atoms with E-state index in [0.717, 1.165) is 11.3 Å². The van der Waals surface area contributed by atoms with Crippen molar-refractivity contribution in [3.8, 4) is 5.75 Å². The quantitative estimate of drug-likeness (QED) is 0.916. The first-order valence-corrected chi connectivity index (χ1v) is 6.20. The van der Waals surface area contributed by atoms with E-state index < -0.39 is 12.1 Å². The lowest BCUT2D eigenvalue weighted by molar-refractivity contribution is -0.176. The van der Waals surface area contributed by atoms with Crippen LogP contribution >= 0.6 is 0 Å². The third kappa shape index (κ3) is 3.61. The highest BCUT2D eigenvalue weighted by Gasteiger charge is 2.39. The third-order valence-corrected chi connectivity index (χ3v) is 3.26. The first-order chi connectivity index (χ1) is 9.00. The van der Waals surface area contributed by atoms with Gasteiger partial charge >= 0.3 is 6.18 Å². The Bertz CT molecular complexity index is 423. The van der Waals surface area contributed by atoms with E-state index in [0.29, 0.717) is 19.7 Å². The second-order valence-electron chi connectivity index (χ2n) is 4.67. The lowest BCUT2D eigenvalue weighted by Gasteiger charge is -2.26. The van der Waals surface area contributed by atoms with Crippen molar-refractivity contribution in [1.29, 1.82) is 0 Å². The minimum Gasteiger partial charge on any atom is -0.492 e. The van der Waals surface area contributed by atoms with Crippen molar-refractivity contribution >= 4 is 0 Å². The van der Waals surface area contributed by atoms with E-state index in [2.05, 4.69) is 0 Å². The Balaban J connectivity index is 2.06. The Morgan fingerprint density at radius 3 is 2.74 bits per heavy atom. The number of para-hydroxylation sites is 1. The molecule has 1 atom stereocenters. The van der Waals surface area contributed by atoms with Crippen LogP contribution in [0, 0.1) is 5.92 Å². The van der Waals surface area contributed by atoms with Crippen molar-refractivity contribution < 1.29 is 17.9 Å². The zero-order chi connectivity index (χ0) is 13.9. The molecule has 0 saturated carbocycles. The molecule has 1 aliphatic heterocycles. The number of halogens is 3. The maximum Gasteiger partial charge on any atom is 0.394 e. The molecule has 106 valence electrons. The molecular weight excluding hydrogens is 257 g/mol. The summed E-state index contributed by atoms with van der Waals surface area (Å²) < 4.78 is 43.7. The van der Waals surface area contributed by atoms with Gasteiger partial charge in [-0.1, -0.05) is 18.2 Å². The monoisotopic (exact) mass is 274 g/mol. The molecule has 0 spiro atoms. The van der Waals surface area contributed by atoms with Crippen molar-refractivity contribution in [2.24, 2.45) is 11.7 Å². The molecule has 6 heteroatoms. The fourth-order valence-electron chi connectivity index (χ4n) is 2.16. The summed E-state index contributed by atoms with van der Waals surface area (Å²) in [5.41, 5.74) is 6.15. The minimum absolute atomic E-state index is 0.0856. The lowest BCUT2D eigenvalue weighted by atomic mass is 10.1. The predicted octanol–water partition coefficient (Wildman–Crippen LogP) is 2.02. The molecule has 1 aliphatic rings. The molecule has 0 amide bonds. The number of ether oxygens (including phenoxy) is 1. The van der Waals surface area contributed by atoms with Crippen LogP contribution in [0.15, 0.2) is 24.3 Å². The van der Waals surface area contributed by atoms with Gasteiger partial charge in [-0.2, -0.15) is 13.2 Å². The minimum atomic E-state index is -4.25. The van der Waals surface area contributed by atoms with Gasteiger partial charge in [0.1, 0.15) is 12.4 Å². The molecular formula is C13H17F3N2O. The molecule has 2 N–H and O–H groups in total. The Hall–Kier alpha value is -1.27. The Morgan fingerprint density at radius 2 is 2.05 bits per heavy atom. The highest BCUT2D eigenvalue weighted by Crippen LogP contribution is 2.28. The zero-order valence-corrected chi connectivity index (χ0v) is 10.5. The highest BCUT2D eigenvalue weighted by atomic mass is 19.4. The summed E-state index contributed by atoms with van der Waals surface area (Å²) in [5, 5.41) is 0. The Morgan fingerprint density at radius 1 is 1.32 bits per heavy atom. The maximum atomic E-state index is 12.7. The summed E-state index contributed by atoms with van der Waals surface area (Å²) in [4.78, 5) is 1.75. The Labute approximate surface area is 110 Å². The van der Waals surface area contributed by atoms with E-state index in [4.69, 9.17) is 10.5 Å². The molecule has 1 aromatic rings. The number of fused-ring (bicyclic) bond motifs is 1. The van der Waals surface area contributed by atoms with Crippen LogP contribution in [0.25, 0.3) is 0 Å². The summed E-state index contributed by atoms with van der Waals surface area (Å²) in [6.07, 6.45) is -4.25. The third-order valence-electron chi connectivity index (χ3n) is 3.26. The summed E-state index contributed by atoms with van der Waals surface area (Å²) in [6, 6.07) is 7.42. The topological polar surface area (TPSA) is 38.5 Å². The highest BCUT2D eigenvalue weighted by molar-refractivity contribution is 5.33. The number of benzene rings is 1. The van der Waals surface area contributed by atoms with Gasteiger partial charge in [-0.3, -0.25) is 4.90 Å². The molecule has 1 heterocycles. The average Bonchev–Trinajstić information content (AvgIpc) is 2.56. The molecule has 0 bridgehead atoms. The van der Waals surface area contributed by atoms with Crippen molar-refractivity contribution in [2.75, 3.05) is 26.2 Å². The largest absolute Gasteiger partial charge is 0.492 e. The number of hydrogen-bond acceptors (Lipinski definition) is 3. The van der Waals surface area contributed by atoms with E-state index in [1.165, 1.54) is 0 Å². The first kappa shape index (κ1) is 14.1. The van der Waals surface area contributed by atoms with E-state index in [-0.39, 0.29) is 13.1 Å². The summed E-state index contributed by atoms with van der Waals surface area (Å²) in [7, 11) is 0. The van der Waals surface area contributed by atoms with E-state index in [1.807, 2.05) is 24.3 Å². The van der Waals surface area contributed by atoms with Gasteiger partial charge in [0.2, 0.25) is 0 Å². The van der Waals surface area contributed by atoms with Gasteiger partial charge in [0.25, 0.3) is 0 Å². The number of rotatable bonds is 3. The van der Waals surface area contributed by atoms with Crippen LogP contribution in [-0.2, 0) is 6.54 Å². The van der Waals surface area contributed by atoms with Gasteiger partial charge < -0.3 is 10.5 Å². The van der Waals surface area contributed by atoms with Crippen molar-refractivity contribution in [2.45, 2.75) is 12.7 Å². The van der Waals surface area contributed by atoms with Crippen LogP contribution in [-0.4, -0.2) is 37.3 Å². The number of alkyl halides is 3. The normalized spacial score (nSPS) is 18.3. The van der Waals surface area contributed by atoms with Gasteiger partial charge in [0.05, 0.1) is 5.92 Å². The predicted molar refractivity (Wildman–Crippen MR) is 65.8 cm³/mol. The molecule has 0 fully saturated rings. The molecule has 0 radical (unpaired) electrons. The van der Waals surface area contributed by atoms with E-state index >= 15 is 0 Å². The standard InChI is InChI=1S/C13H17F3N2O/c14-13(15,16)11(7-17)9-18-5-6-19-12-4-2-1-3-10(12)8-18/h1-4,11H,5-9,17H2. The molecule has 1 unspecified atom stereocenters. The van der Waals surface area contributed by atoms with Crippen LogP contribution < -0.4 is 10.5 Å². The van der Waals surface area contributed by atoms with Crippen LogP contribution in [0.1, 0.15) is 5.56 Å². The smallest absolute Gasteiger partial charge is 0.394 e. The molecule has 2 rings (SSSR count). The van der Waals surface area contributed by atoms with Crippen LogP contribution in [0.4, 0.5) is 13.2 Å². The van der Waals surface area contributed by atoms with Gasteiger partial charge in [-0.15, -0.1) is 0 Å². The SMILES string of the molecule is NCC(CN1CCOc2ccccc2C1)C(F)(F)F. The maximum absolute atomic E-state index is 12.7. The lowest BCUT2D eigenvalue weighted by Crippen LogP contribution is -2.41. The van der Waals surface area contributed by atoms with Crippen molar-refractivity contribution in [3.63, 3.8) is 0 Å². The van der Waals surface area contributed by atoms with E-state index in [1.54, 1.807) is 4.90 Å². The van der Waals surface area contributed by atoms with Gasteiger partial charge in [-0.25, -0.2) is 0 Å². The fraction of sp³-hybridized carbons (Fsp3) is 0.538. The van der Waals surface area contributed by atoms with Crippen molar-refractivity contribution in [1.82, 2.24) is 4.90 Å². The van der Waals surface area contributed by atoms with Crippen molar-refractivity contribution in [3.05, 3.63) is 29.8 Å². The number of nitrogens with two attached hydrogens (primary N) is 1. The molecule has 0 aromatic heterocycles. The van der Waals surface area contributed by atoms with Crippen LogP contribution in [0.5, 0.6) is 5.75 Å². The van der Waals surface area contributed by atoms with E-state index in [9.17, 15) is 13.2 Å². The Kier molecular flexibility index (Phi) is 4.31. The number of nitrogens with zero attached hydrogens (tertiary/aromatic N) is 1. The van der Waals surface area contributed by atoms with Crippen LogP contribution in [0.3, 0.4) is 0 Å². The van der Waals surface area contributed by atoms with Crippen LogP contribution in [0.2, 0.25) is 0 Å². The molecule has 3 nitrogen and oxygen atoms in total.